The van der Waals surface area contributed by atoms with Crippen LogP contribution >= 0.6 is 11.6 Å². The molecule has 0 heterocycles. The molecular weight excluding hydrogens is 416 g/mol. The number of rotatable bonds is 9. The summed E-state index contributed by atoms with van der Waals surface area (Å²) < 4.78 is 5.76. The van der Waals surface area contributed by atoms with Crippen LogP contribution < -0.4 is 15.4 Å². The van der Waals surface area contributed by atoms with E-state index in [9.17, 15) is 9.59 Å². The minimum atomic E-state index is -0.964. The lowest BCUT2D eigenvalue weighted by atomic mass is 9.80. The third-order valence-electron chi connectivity index (χ3n) is 5.78. The number of amides is 1. The average molecular weight is 445 g/mol. The molecule has 166 valence electrons. The van der Waals surface area contributed by atoms with Gasteiger partial charge in [0.1, 0.15) is 12.4 Å². The first kappa shape index (κ1) is 23.1. The predicted octanol–water partition coefficient (Wildman–Crippen LogP) is 4.59. The van der Waals surface area contributed by atoms with Crippen molar-refractivity contribution in [2.45, 2.75) is 50.6 Å². The summed E-state index contributed by atoms with van der Waals surface area (Å²) in [5, 5.41) is 16.2. The van der Waals surface area contributed by atoms with Crippen LogP contribution in [0.2, 0.25) is 5.02 Å². The van der Waals surface area contributed by atoms with Gasteiger partial charge in [-0.3, -0.25) is 10.1 Å². The molecule has 0 aliphatic heterocycles. The van der Waals surface area contributed by atoms with Crippen LogP contribution in [-0.2, 0) is 4.79 Å². The van der Waals surface area contributed by atoms with Crippen LogP contribution in [0.1, 0.15) is 61.0 Å². The Morgan fingerprint density at radius 2 is 1.84 bits per heavy atom. The summed E-state index contributed by atoms with van der Waals surface area (Å²) in [6, 6.07) is 13.6. The van der Waals surface area contributed by atoms with Crippen molar-refractivity contribution in [2.24, 2.45) is 0 Å². The van der Waals surface area contributed by atoms with Gasteiger partial charge < -0.3 is 15.2 Å². The molecule has 3 N–H and O–H groups in total. The van der Waals surface area contributed by atoms with Crippen LogP contribution in [-0.4, -0.2) is 35.7 Å². The summed E-state index contributed by atoms with van der Waals surface area (Å²) in [7, 11) is 0. The van der Waals surface area contributed by atoms with Crippen molar-refractivity contribution >= 4 is 23.5 Å². The second-order valence-electron chi connectivity index (χ2n) is 8.00. The van der Waals surface area contributed by atoms with E-state index >= 15 is 0 Å². The van der Waals surface area contributed by atoms with Crippen LogP contribution in [0.4, 0.5) is 0 Å². The number of carbonyl (C=O) groups excluding carboxylic acids is 1. The summed E-state index contributed by atoms with van der Waals surface area (Å²) in [5.41, 5.74) is 0.478. The highest BCUT2D eigenvalue weighted by atomic mass is 35.5. The van der Waals surface area contributed by atoms with E-state index in [0.29, 0.717) is 23.9 Å². The van der Waals surface area contributed by atoms with Crippen LogP contribution in [0.25, 0.3) is 0 Å². The van der Waals surface area contributed by atoms with Gasteiger partial charge in [0.2, 0.25) is 5.91 Å². The monoisotopic (exact) mass is 444 g/mol. The molecule has 0 bridgehead atoms. The lowest BCUT2D eigenvalue weighted by molar-refractivity contribution is -0.129. The van der Waals surface area contributed by atoms with E-state index in [1.54, 1.807) is 36.4 Å². The third-order valence-corrected chi connectivity index (χ3v) is 6.01. The molecule has 0 radical (unpaired) electrons. The van der Waals surface area contributed by atoms with E-state index in [-0.39, 0.29) is 17.5 Å². The van der Waals surface area contributed by atoms with Gasteiger partial charge in [0.05, 0.1) is 17.1 Å². The van der Waals surface area contributed by atoms with E-state index in [0.717, 1.165) is 37.7 Å². The second-order valence-corrected chi connectivity index (χ2v) is 8.43. The highest BCUT2D eigenvalue weighted by molar-refractivity contribution is 6.30. The maximum Gasteiger partial charge on any atom is 0.335 e. The third kappa shape index (κ3) is 6.21. The predicted molar refractivity (Wildman–Crippen MR) is 121 cm³/mol. The van der Waals surface area contributed by atoms with Gasteiger partial charge in [-0.2, -0.15) is 0 Å². The van der Waals surface area contributed by atoms with Crippen LogP contribution in [0.3, 0.4) is 0 Å². The van der Waals surface area contributed by atoms with Crippen molar-refractivity contribution in [2.75, 3.05) is 13.2 Å². The topological polar surface area (TPSA) is 87.7 Å². The fourth-order valence-electron chi connectivity index (χ4n) is 3.99. The highest BCUT2D eigenvalue weighted by Gasteiger charge is 2.39. The number of hydrogen-bond acceptors (Lipinski definition) is 4. The molecule has 6 nitrogen and oxygen atoms in total. The SMILES string of the molecule is CC(NC(=O)C1(NCCOc2cccc(Cl)c2)CCCCC1)c1ccc(C(=O)O)cc1. The molecule has 0 spiro atoms. The molecule has 3 rings (SSSR count). The quantitative estimate of drug-likeness (QED) is 0.492. The Morgan fingerprint density at radius 1 is 1.13 bits per heavy atom. The largest absolute Gasteiger partial charge is 0.492 e. The van der Waals surface area contributed by atoms with Crippen molar-refractivity contribution in [3.8, 4) is 5.75 Å². The normalized spacial score (nSPS) is 16.3. The zero-order valence-corrected chi connectivity index (χ0v) is 18.5. The molecule has 1 saturated carbocycles. The minimum Gasteiger partial charge on any atom is -0.492 e. The van der Waals surface area contributed by atoms with Gasteiger partial charge >= 0.3 is 5.97 Å². The van der Waals surface area contributed by atoms with Gasteiger partial charge in [0.25, 0.3) is 0 Å². The molecule has 1 aliphatic rings. The maximum atomic E-state index is 13.3. The van der Waals surface area contributed by atoms with Crippen molar-refractivity contribution in [1.82, 2.24) is 10.6 Å². The van der Waals surface area contributed by atoms with Crippen LogP contribution in [0.5, 0.6) is 5.75 Å². The fraction of sp³-hybridized carbons (Fsp3) is 0.417. The average Bonchev–Trinajstić information content (AvgIpc) is 2.77. The number of aromatic carboxylic acids is 1. The Bertz CT molecular complexity index is 895. The minimum absolute atomic E-state index is 0.0234. The van der Waals surface area contributed by atoms with Crippen LogP contribution in [0.15, 0.2) is 48.5 Å². The number of ether oxygens (including phenoxy) is 1. The van der Waals surface area contributed by atoms with Gasteiger partial charge in [0, 0.05) is 11.6 Å². The summed E-state index contributed by atoms with van der Waals surface area (Å²) in [5.74, 6) is -0.284. The Balaban J connectivity index is 1.59. The first-order valence-corrected chi connectivity index (χ1v) is 11.0. The molecule has 1 aliphatic carbocycles. The van der Waals surface area contributed by atoms with E-state index < -0.39 is 11.5 Å². The van der Waals surface area contributed by atoms with Gasteiger partial charge in [-0.1, -0.05) is 49.1 Å². The van der Waals surface area contributed by atoms with Crippen LogP contribution in [0, 0.1) is 0 Å². The molecule has 2 aromatic carbocycles. The lowest BCUT2D eigenvalue weighted by Gasteiger charge is -2.37. The number of carboxylic acids is 1. The van der Waals surface area contributed by atoms with Gasteiger partial charge in [-0.05, 0) is 55.7 Å². The number of hydrogen-bond donors (Lipinski definition) is 3. The van der Waals surface area contributed by atoms with Crippen molar-refractivity contribution in [3.05, 3.63) is 64.7 Å². The summed E-state index contributed by atoms with van der Waals surface area (Å²) in [4.78, 5) is 24.3. The zero-order valence-electron chi connectivity index (χ0n) is 17.7. The molecule has 1 atom stereocenters. The van der Waals surface area contributed by atoms with E-state index in [1.165, 1.54) is 0 Å². The Morgan fingerprint density at radius 3 is 2.48 bits per heavy atom. The van der Waals surface area contributed by atoms with Gasteiger partial charge in [0.15, 0.2) is 0 Å². The molecular formula is C24H29ClN2O4. The molecule has 31 heavy (non-hydrogen) atoms. The molecule has 2 aromatic rings. The fourth-order valence-corrected chi connectivity index (χ4v) is 4.17. The van der Waals surface area contributed by atoms with Crippen molar-refractivity contribution in [3.63, 3.8) is 0 Å². The number of carboxylic acid groups (broad SMARTS) is 1. The summed E-state index contributed by atoms with van der Waals surface area (Å²) in [6.07, 6.45) is 4.68. The molecule has 1 fully saturated rings. The Kier molecular flexibility index (Phi) is 7.93. The van der Waals surface area contributed by atoms with E-state index in [2.05, 4.69) is 10.6 Å². The van der Waals surface area contributed by atoms with E-state index in [4.69, 9.17) is 21.4 Å². The number of benzene rings is 2. The molecule has 1 unspecified atom stereocenters. The first-order chi connectivity index (χ1) is 14.9. The molecule has 7 heteroatoms. The van der Waals surface area contributed by atoms with E-state index in [1.807, 2.05) is 19.1 Å². The zero-order chi connectivity index (χ0) is 22.3. The first-order valence-electron chi connectivity index (χ1n) is 10.7. The second kappa shape index (κ2) is 10.6. The lowest BCUT2D eigenvalue weighted by Crippen LogP contribution is -2.59. The molecule has 0 saturated heterocycles. The highest BCUT2D eigenvalue weighted by Crippen LogP contribution is 2.29. The number of halogens is 1. The Labute approximate surface area is 187 Å². The summed E-state index contributed by atoms with van der Waals surface area (Å²) >= 11 is 5.99. The van der Waals surface area contributed by atoms with Crippen molar-refractivity contribution < 1.29 is 19.4 Å². The smallest absolute Gasteiger partial charge is 0.335 e. The molecule has 0 aromatic heterocycles. The van der Waals surface area contributed by atoms with Crippen molar-refractivity contribution in [1.29, 1.82) is 0 Å². The standard InChI is InChI=1S/C24H29ClN2O4/c1-17(18-8-10-19(11-9-18)22(28)29)27-23(30)24(12-3-2-4-13-24)26-14-15-31-21-7-5-6-20(25)16-21/h5-11,16-17,26H,2-4,12-15H2,1H3,(H,27,30)(H,28,29). The number of carbonyl (C=O) groups is 2. The maximum absolute atomic E-state index is 13.3. The molecule has 1 amide bonds. The summed E-state index contributed by atoms with van der Waals surface area (Å²) in [6.45, 7) is 2.88. The Hall–Kier alpha value is -2.57. The van der Waals surface area contributed by atoms with Gasteiger partial charge in [-0.15, -0.1) is 0 Å². The van der Waals surface area contributed by atoms with Gasteiger partial charge in [-0.25, -0.2) is 4.79 Å². The number of nitrogens with one attached hydrogen (secondary N) is 2.